The van der Waals surface area contributed by atoms with E-state index in [9.17, 15) is 19.2 Å². The third kappa shape index (κ3) is 4.29. The van der Waals surface area contributed by atoms with Crippen molar-refractivity contribution in [1.29, 1.82) is 0 Å². The highest BCUT2D eigenvalue weighted by Crippen LogP contribution is 2.13. The zero-order valence-electron chi connectivity index (χ0n) is 12.4. The Morgan fingerprint density at radius 3 is 2.48 bits per heavy atom. The van der Waals surface area contributed by atoms with Gasteiger partial charge in [0, 0.05) is 25.5 Å². The van der Waals surface area contributed by atoms with Gasteiger partial charge in [-0.1, -0.05) is 0 Å². The molecule has 8 heteroatoms. The first-order valence-electron chi connectivity index (χ1n) is 6.96. The van der Waals surface area contributed by atoms with Crippen molar-refractivity contribution in [3.63, 3.8) is 0 Å². The second kappa shape index (κ2) is 6.91. The summed E-state index contributed by atoms with van der Waals surface area (Å²) in [5.41, 5.74) is 0.279. The standard InChI is InChI=1S/C15H16N2O6/c1-9(18)23-11-4-2-10(3-5-11)14(20)16-12-8-17(15(21)22)7-6-13(12)19/h2-5,12H,6-8H2,1H3,(H,16,20)(H,21,22). The van der Waals surface area contributed by atoms with Gasteiger partial charge >= 0.3 is 12.1 Å². The van der Waals surface area contributed by atoms with Crippen molar-refractivity contribution in [2.75, 3.05) is 13.1 Å². The molecule has 1 aliphatic heterocycles. The number of Topliss-reactive ketones (excluding diaryl/α,β-unsaturated/α-hetero) is 1. The van der Waals surface area contributed by atoms with Gasteiger partial charge in [0.1, 0.15) is 11.8 Å². The number of rotatable bonds is 3. The van der Waals surface area contributed by atoms with Crippen LogP contribution in [0.4, 0.5) is 4.79 Å². The molecule has 8 nitrogen and oxygen atoms in total. The number of hydrogen-bond donors (Lipinski definition) is 2. The summed E-state index contributed by atoms with van der Waals surface area (Å²) < 4.78 is 4.86. The summed E-state index contributed by atoms with van der Waals surface area (Å²) in [6.07, 6.45) is -1.05. The van der Waals surface area contributed by atoms with Crippen LogP contribution in [0.15, 0.2) is 24.3 Å². The number of esters is 1. The Bertz CT molecular complexity index is 640. The van der Waals surface area contributed by atoms with Gasteiger partial charge in [-0.2, -0.15) is 0 Å². The predicted octanol–water partition coefficient (Wildman–Crippen LogP) is 0.663. The summed E-state index contributed by atoms with van der Waals surface area (Å²) in [6, 6.07) is 4.97. The maximum atomic E-state index is 12.1. The van der Waals surface area contributed by atoms with E-state index >= 15 is 0 Å². The van der Waals surface area contributed by atoms with E-state index in [1.54, 1.807) is 0 Å². The fourth-order valence-electron chi connectivity index (χ4n) is 2.21. The Kier molecular flexibility index (Phi) is 4.95. The maximum absolute atomic E-state index is 12.1. The summed E-state index contributed by atoms with van der Waals surface area (Å²) in [5.74, 6) is -0.860. The van der Waals surface area contributed by atoms with Crippen LogP contribution < -0.4 is 10.1 Å². The number of ketones is 1. The van der Waals surface area contributed by atoms with E-state index < -0.39 is 24.0 Å². The van der Waals surface area contributed by atoms with Crippen molar-refractivity contribution in [3.8, 4) is 5.75 Å². The normalized spacial score (nSPS) is 17.5. The van der Waals surface area contributed by atoms with Gasteiger partial charge in [0.2, 0.25) is 0 Å². The number of likely N-dealkylation sites (tertiary alicyclic amines) is 1. The van der Waals surface area contributed by atoms with Gasteiger partial charge in [-0.05, 0) is 24.3 Å². The highest BCUT2D eigenvalue weighted by atomic mass is 16.5. The summed E-state index contributed by atoms with van der Waals surface area (Å²) >= 11 is 0. The number of nitrogens with zero attached hydrogens (tertiary/aromatic N) is 1. The van der Waals surface area contributed by atoms with E-state index in [2.05, 4.69) is 5.32 Å². The van der Waals surface area contributed by atoms with Gasteiger partial charge in [0.05, 0.1) is 6.54 Å². The summed E-state index contributed by atoms with van der Waals surface area (Å²) in [7, 11) is 0. The second-order valence-electron chi connectivity index (χ2n) is 5.09. The van der Waals surface area contributed by atoms with Crippen LogP contribution in [0.2, 0.25) is 0 Å². The molecular weight excluding hydrogens is 304 g/mol. The minimum absolute atomic E-state index is 0.0640. The van der Waals surface area contributed by atoms with Crippen LogP contribution in [0.25, 0.3) is 0 Å². The third-order valence-corrected chi connectivity index (χ3v) is 3.37. The first kappa shape index (κ1) is 16.5. The Balaban J connectivity index is 2.01. The quantitative estimate of drug-likeness (QED) is 0.625. The molecule has 2 rings (SSSR count). The predicted molar refractivity (Wildman–Crippen MR) is 78.2 cm³/mol. The molecule has 1 atom stereocenters. The van der Waals surface area contributed by atoms with Crippen molar-refractivity contribution in [3.05, 3.63) is 29.8 Å². The lowest BCUT2D eigenvalue weighted by molar-refractivity contribution is -0.131. The van der Waals surface area contributed by atoms with Gasteiger partial charge in [0.15, 0.2) is 5.78 Å². The van der Waals surface area contributed by atoms with Crippen LogP contribution in [0.5, 0.6) is 5.75 Å². The topological polar surface area (TPSA) is 113 Å². The SMILES string of the molecule is CC(=O)Oc1ccc(C(=O)NC2CN(C(=O)O)CCC2=O)cc1. The van der Waals surface area contributed by atoms with E-state index in [0.717, 1.165) is 4.90 Å². The van der Waals surface area contributed by atoms with Gasteiger partial charge in [-0.15, -0.1) is 0 Å². The molecule has 0 aliphatic carbocycles. The number of benzene rings is 1. The summed E-state index contributed by atoms with van der Waals surface area (Å²) in [4.78, 5) is 46.8. The molecule has 0 aromatic heterocycles. The van der Waals surface area contributed by atoms with Crippen molar-refractivity contribution < 1.29 is 29.0 Å². The lowest BCUT2D eigenvalue weighted by Crippen LogP contribution is -2.54. The van der Waals surface area contributed by atoms with Gasteiger partial charge in [-0.25, -0.2) is 4.79 Å². The second-order valence-corrected chi connectivity index (χ2v) is 5.09. The molecule has 2 amide bonds. The number of carboxylic acid groups (broad SMARTS) is 1. The first-order chi connectivity index (χ1) is 10.9. The number of carbonyl (C=O) groups excluding carboxylic acids is 3. The summed E-state index contributed by atoms with van der Waals surface area (Å²) in [6.45, 7) is 1.34. The summed E-state index contributed by atoms with van der Waals surface area (Å²) in [5, 5.41) is 11.5. The van der Waals surface area contributed by atoms with Crippen LogP contribution in [-0.4, -0.2) is 52.9 Å². The smallest absolute Gasteiger partial charge is 0.407 e. The molecule has 1 fully saturated rings. The highest BCUT2D eigenvalue weighted by Gasteiger charge is 2.30. The molecule has 1 heterocycles. The molecule has 0 spiro atoms. The number of hydrogen-bond acceptors (Lipinski definition) is 5. The van der Waals surface area contributed by atoms with Gasteiger partial charge in [0.25, 0.3) is 5.91 Å². The van der Waals surface area contributed by atoms with Crippen molar-refractivity contribution in [2.24, 2.45) is 0 Å². The largest absolute Gasteiger partial charge is 0.465 e. The molecule has 1 aliphatic rings. The third-order valence-electron chi connectivity index (χ3n) is 3.37. The molecule has 1 saturated heterocycles. The van der Waals surface area contributed by atoms with Crippen molar-refractivity contribution >= 4 is 23.8 Å². The number of carbonyl (C=O) groups is 4. The molecule has 0 bridgehead atoms. The molecule has 23 heavy (non-hydrogen) atoms. The molecular formula is C15H16N2O6. The molecule has 0 radical (unpaired) electrons. The monoisotopic (exact) mass is 320 g/mol. The average Bonchev–Trinajstić information content (AvgIpc) is 2.49. The molecule has 1 aromatic carbocycles. The number of piperidine rings is 1. The number of ether oxygens (including phenoxy) is 1. The Morgan fingerprint density at radius 1 is 1.26 bits per heavy atom. The minimum atomic E-state index is -1.12. The zero-order valence-corrected chi connectivity index (χ0v) is 12.4. The van der Waals surface area contributed by atoms with Crippen LogP contribution in [0.3, 0.4) is 0 Å². The molecule has 1 aromatic rings. The minimum Gasteiger partial charge on any atom is -0.465 e. The highest BCUT2D eigenvalue weighted by molar-refractivity contribution is 5.98. The van der Waals surface area contributed by atoms with E-state index in [1.165, 1.54) is 31.2 Å². The van der Waals surface area contributed by atoms with Crippen molar-refractivity contribution in [2.45, 2.75) is 19.4 Å². The van der Waals surface area contributed by atoms with E-state index in [-0.39, 0.29) is 30.9 Å². The molecule has 2 N–H and O–H groups in total. The van der Waals surface area contributed by atoms with Crippen LogP contribution in [0.1, 0.15) is 23.7 Å². The van der Waals surface area contributed by atoms with Crippen LogP contribution in [0, 0.1) is 0 Å². The van der Waals surface area contributed by atoms with Gasteiger partial charge < -0.3 is 20.1 Å². The van der Waals surface area contributed by atoms with E-state index in [4.69, 9.17) is 9.84 Å². The zero-order chi connectivity index (χ0) is 17.0. The van der Waals surface area contributed by atoms with Gasteiger partial charge in [-0.3, -0.25) is 14.4 Å². The Morgan fingerprint density at radius 2 is 1.91 bits per heavy atom. The van der Waals surface area contributed by atoms with E-state index in [0.29, 0.717) is 5.75 Å². The number of amides is 2. The lowest BCUT2D eigenvalue weighted by atomic mass is 10.0. The fourth-order valence-corrected chi connectivity index (χ4v) is 2.21. The van der Waals surface area contributed by atoms with Crippen molar-refractivity contribution in [1.82, 2.24) is 10.2 Å². The molecule has 122 valence electrons. The number of nitrogens with one attached hydrogen (secondary N) is 1. The molecule has 0 saturated carbocycles. The first-order valence-corrected chi connectivity index (χ1v) is 6.96. The molecule has 1 unspecified atom stereocenters. The Hall–Kier alpha value is -2.90. The van der Waals surface area contributed by atoms with Crippen LogP contribution in [-0.2, 0) is 9.59 Å². The Labute approximate surface area is 132 Å². The van der Waals surface area contributed by atoms with E-state index in [1.807, 2.05) is 0 Å². The maximum Gasteiger partial charge on any atom is 0.407 e. The van der Waals surface area contributed by atoms with Crippen LogP contribution >= 0.6 is 0 Å². The lowest BCUT2D eigenvalue weighted by Gasteiger charge is -2.30. The average molecular weight is 320 g/mol. The fraction of sp³-hybridized carbons (Fsp3) is 0.333.